The minimum atomic E-state index is -0.431. The van der Waals surface area contributed by atoms with Gasteiger partial charge in [-0.15, -0.1) is 0 Å². The van der Waals surface area contributed by atoms with Gasteiger partial charge in [0.05, 0.1) is 12.1 Å². The van der Waals surface area contributed by atoms with Crippen molar-refractivity contribution in [2.45, 2.75) is 52.0 Å². The number of aryl methyl sites for hydroxylation is 2. The molecule has 1 aromatic carbocycles. The average Bonchev–Trinajstić information content (AvgIpc) is 2.44. The van der Waals surface area contributed by atoms with Gasteiger partial charge in [-0.05, 0) is 57.1 Å². The van der Waals surface area contributed by atoms with E-state index in [2.05, 4.69) is 12.2 Å². The second kappa shape index (κ2) is 5.96. The Balaban J connectivity index is 2.15. The maximum Gasteiger partial charge on any atom is 0.252 e. The summed E-state index contributed by atoms with van der Waals surface area (Å²) in [7, 11) is 0. The largest absolute Gasteiger partial charge is 0.394 e. The van der Waals surface area contributed by atoms with Crippen LogP contribution in [-0.4, -0.2) is 23.2 Å². The summed E-state index contributed by atoms with van der Waals surface area (Å²) in [6.45, 7) is 6.19. The number of benzene rings is 1. The van der Waals surface area contributed by atoms with Gasteiger partial charge in [0.25, 0.3) is 5.91 Å². The van der Waals surface area contributed by atoms with Gasteiger partial charge in [-0.1, -0.05) is 24.6 Å². The molecule has 0 aromatic heterocycles. The van der Waals surface area contributed by atoms with Crippen LogP contribution in [0.4, 0.5) is 0 Å². The molecule has 0 aliphatic heterocycles. The Morgan fingerprint density at radius 1 is 1.35 bits per heavy atom. The second-order valence-corrected chi connectivity index (χ2v) is 6.39. The molecule has 2 rings (SSSR count). The topological polar surface area (TPSA) is 49.3 Å². The van der Waals surface area contributed by atoms with Gasteiger partial charge in [0.15, 0.2) is 0 Å². The van der Waals surface area contributed by atoms with Crippen molar-refractivity contribution in [3.05, 3.63) is 34.9 Å². The van der Waals surface area contributed by atoms with Gasteiger partial charge < -0.3 is 10.4 Å². The molecule has 1 fully saturated rings. The molecule has 0 radical (unpaired) electrons. The highest BCUT2D eigenvalue weighted by Crippen LogP contribution is 2.32. The monoisotopic (exact) mass is 275 g/mol. The first-order valence-electron chi connectivity index (χ1n) is 7.46. The van der Waals surface area contributed by atoms with E-state index in [0.29, 0.717) is 5.92 Å². The van der Waals surface area contributed by atoms with E-state index >= 15 is 0 Å². The molecule has 20 heavy (non-hydrogen) atoms. The normalized spacial score (nSPS) is 26.3. The van der Waals surface area contributed by atoms with E-state index < -0.39 is 5.54 Å². The Morgan fingerprint density at radius 2 is 2.00 bits per heavy atom. The third kappa shape index (κ3) is 3.21. The van der Waals surface area contributed by atoms with Crippen LogP contribution in [0, 0.1) is 19.8 Å². The van der Waals surface area contributed by atoms with E-state index in [1.807, 2.05) is 32.0 Å². The van der Waals surface area contributed by atoms with Crippen molar-refractivity contribution < 1.29 is 9.90 Å². The highest BCUT2D eigenvalue weighted by atomic mass is 16.3. The van der Waals surface area contributed by atoms with E-state index in [4.69, 9.17) is 0 Å². The van der Waals surface area contributed by atoms with Crippen LogP contribution in [0.25, 0.3) is 0 Å². The van der Waals surface area contributed by atoms with E-state index in [-0.39, 0.29) is 12.5 Å². The van der Waals surface area contributed by atoms with Crippen molar-refractivity contribution in [2.75, 3.05) is 6.61 Å². The van der Waals surface area contributed by atoms with Crippen molar-refractivity contribution in [1.82, 2.24) is 5.32 Å². The lowest BCUT2D eigenvalue weighted by molar-refractivity contribution is 0.0716. The van der Waals surface area contributed by atoms with Crippen LogP contribution >= 0.6 is 0 Å². The summed E-state index contributed by atoms with van der Waals surface area (Å²) < 4.78 is 0. The lowest BCUT2D eigenvalue weighted by Crippen LogP contribution is -2.53. The predicted molar refractivity (Wildman–Crippen MR) is 80.8 cm³/mol. The highest BCUT2D eigenvalue weighted by molar-refractivity contribution is 5.96. The first-order valence-corrected chi connectivity index (χ1v) is 7.46. The molecule has 3 nitrogen and oxygen atoms in total. The van der Waals surface area contributed by atoms with Crippen molar-refractivity contribution in [3.63, 3.8) is 0 Å². The molecule has 1 aromatic rings. The molecule has 1 aliphatic carbocycles. The zero-order chi connectivity index (χ0) is 14.8. The van der Waals surface area contributed by atoms with E-state index in [9.17, 15) is 9.90 Å². The molecule has 0 spiro atoms. The SMILES string of the molecule is Cc1ccc(C)c(C(=O)NC2(CO)CCC(C)CC2)c1. The zero-order valence-electron chi connectivity index (χ0n) is 12.7. The van der Waals surface area contributed by atoms with Gasteiger partial charge >= 0.3 is 0 Å². The Hall–Kier alpha value is -1.35. The fraction of sp³-hybridized carbons (Fsp3) is 0.588. The third-order valence-corrected chi connectivity index (χ3v) is 4.55. The molecule has 0 bridgehead atoms. The van der Waals surface area contributed by atoms with E-state index in [1.165, 1.54) is 0 Å². The molecular weight excluding hydrogens is 250 g/mol. The van der Waals surface area contributed by atoms with E-state index in [0.717, 1.165) is 42.4 Å². The average molecular weight is 275 g/mol. The van der Waals surface area contributed by atoms with Crippen LogP contribution in [0.2, 0.25) is 0 Å². The third-order valence-electron chi connectivity index (χ3n) is 4.55. The maximum absolute atomic E-state index is 12.5. The molecule has 2 N–H and O–H groups in total. The molecule has 1 saturated carbocycles. The smallest absolute Gasteiger partial charge is 0.252 e. The van der Waals surface area contributed by atoms with Crippen LogP contribution < -0.4 is 5.32 Å². The summed E-state index contributed by atoms with van der Waals surface area (Å²) in [6.07, 6.45) is 3.85. The van der Waals surface area contributed by atoms with Crippen molar-refractivity contribution in [3.8, 4) is 0 Å². The molecule has 0 atom stereocenters. The van der Waals surface area contributed by atoms with Gasteiger partial charge in [0.1, 0.15) is 0 Å². The summed E-state index contributed by atoms with van der Waals surface area (Å²) in [6, 6.07) is 5.90. The molecule has 0 saturated heterocycles. The molecule has 0 heterocycles. The summed E-state index contributed by atoms with van der Waals surface area (Å²) in [4.78, 5) is 12.5. The summed E-state index contributed by atoms with van der Waals surface area (Å²) in [5, 5.41) is 12.8. The Morgan fingerprint density at radius 3 is 2.60 bits per heavy atom. The lowest BCUT2D eigenvalue weighted by atomic mass is 9.77. The second-order valence-electron chi connectivity index (χ2n) is 6.39. The van der Waals surface area contributed by atoms with Gasteiger partial charge in [0, 0.05) is 5.56 Å². The number of hydrogen-bond donors (Lipinski definition) is 2. The van der Waals surface area contributed by atoms with Gasteiger partial charge in [-0.3, -0.25) is 4.79 Å². The summed E-state index contributed by atoms with van der Waals surface area (Å²) in [5.41, 5.74) is 2.35. The molecule has 0 unspecified atom stereocenters. The number of amides is 1. The minimum Gasteiger partial charge on any atom is -0.394 e. The predicted octanol–water partition coefficient (Wildman–Crippen LogP) is 2.97. The van der Waals surface area contributed by atoms with E-state index in [1.54, 1.807) is 0 Å². The van der Waals surface area contributed by atoms with Crippen molar-refractivity contribution >= 4 is 5.91 Å². The Kier molecular flexibility index (Phi) is 4.48. The Bertz CT molecular complexity index is 488. The van der Waals surface area contributed by atoms with Gasteiger partial charge in [0.2, 0.25) is 0 Å². The maximum atomic E-state index is 12.5. The van der Waals surface area contributed by atoms with Crippen LogP contribution in [0.3, 0.4) is 0 Å². The van der Waals surface area contributed by atoms with Crippen LogP contribution in [-0.2, 0) is 0 Å². The molecule has 1 amide bonds. The molecule has 1 aliphatic rings. The zero-order valence-corrected chi connectivity index (χ0v) is 12.7. The van der Waals surface area contributed by atoms with Crippen LogP contribution in [0.5, 0.6) is 0 Å². The first-order chi connectivity index (χ1) is 9.46. The van der Waals surface area contributed by atoms with Crippen LogP contribution in [0.1, 0.15) is 54.1 Å². The number of aliphatic hydroxyl groups is 1. The lowest BCUT2D eigenvalue weighted by Gasteiger charge is -2.38. The van der Waals surface area contributed by atoms with Gasteiger partial charge in [-0.25, -0.2) is 0 Å². The number of rotatable bonds is 3. The molecule has 110 valence electrons. The van der Waals surface area contributed by atoms with Crippen LogP contribution in [0.15, 0.2) is 18.2 Å². The standard InChI is InChI=1S/C17H25NO2/c1-12-6-8-17(11-19,9-7-12)18-16(20)15-10-13(2)4-5-14(15)3/h4-5,10,12,19H,6-9,11H2,1-3H3,(H,18,20). The van der Waals surface area contributed by atoms with Crippen molar-refractivity contribution in [2.24, 2.45) is 5.92 Å². The summed E-state index contributed by atoms with van der Waals surface area (Å²) >= 11 is 0. The van der Waals surface area contributed by atoms with Crippen molar-refractivity contribution in [1.29, 1.82) is 0 Å². The van der Waals surface area contributed by atoms with Gasteiger partial charge in [-0.2, -0.15) is 0 Å². The number of carbonyl (C=O) groups is 1. The fourth-order valence-corrected chi connectivity index (χ4v) is 2.93. The number of nitrogens with one attached hydrogen (secondary N) is 1. The molecular formula is C17H25NO2. The number of carbonyl (C=O) groups excluding carboxylic acids is 1. The highest BCUT2D eigenvalue weighted by Gasteiger charge is 2.35. The minimum absolute atomic E-state index is 0.0241. The first kappa shape index (κ1) is 15.0. The number of aliphatic hydroxyl groups excluding tert-OH is 1. The summed E-state index contributed by atoms with van der Waals surface area (Å²) in [5.74, 6) is 0.627. The molecule has 3 heteroatoms. The Labute approximate surface area is 121 Å². The quantitative estimate of drug-likeness (QED) is 0.891. The number of hydrogen-bond acceptors (Lipinski definition) is 2. The fourth-order valence-electron chi connectivity index (χ4n) is 2.93.